The van der Waals surface area contributed by atoms with Gasteiger partial charge in [0.15, 0.2) is 0 Å². The zero-order valence-corrected chi connectivity index (χ0v) is 6.98. The highest BCUT2D eigenvalue weighted by Crippen LogP contribution is 2.20. The lowest BCUT2D eigenvalue weighted by atomic mass is 10.2. The number of hydrogen-bond acceptors (Lipinski definition) is 1. The van der Waals surface area contributed by atoms with Crippen LogP contribution in [-0.2, 0) is 0 Å². The van der Waals surface area contributed by atoms with Crippen LogP contribution in [0.25, 0.3) is 10.6 Å². The van der Waals surface area contributed by atoms with Crippen molar-refractivity contribution in [2.24, 2.45) is 0 Å². The van der Waals surface area contributed by atoms with Crippen LogP contribution < -0.4 is 0 Å². The smallest absolute Gasteiger partial charge is 0.0655 e. The van der Waals surface area contributed by atoms with Gasteiger partial charge in [-0.25, -0.2) is 0 Å². The summed E-state index contributed by atoms with van der Waals surface area (Å²) in [5.74, 6) is 0. The predicted octanol–water partition coefficient (Wildman–Crippen LogP) is 2.42. The number of nitrogens with zero attached hydrogens (tertiary/aromatic N) is 1. The molecule has 0 atom stereocenters. The van der Waals surface area contributed by atoms with Gasteiger partial charge in [-0.1, -0.05) is 29.1 Å². The van der Waals surface area contributed by atoms with Crippen molar-refractivity contribution in [1.29, 1.82) is 0 Å². The first-order chi connectivity index (χ1) is 4.75. The van der Waals surface area contributed by atoms with Gasteiger partial charge in [0.25, 0.3) is 0 Å². The molecule has 0 aromatic carbocycles. The molecule has 2 nitrogen and oxygen atoms in total. The topological polar surface area (TPSA) is 28.7 Å². The molecule has 0 fully saturated rings. The summed E-state index contributed by atoms with van der Waals surface area (Å²) in [4.78, 5) is 0. The van der Waals surface area contributed by atoms with E-state index in [0.717, 1.165) is 15.7 Å². The maximum Gasteiger partial charge on any atom is 0.0655 e. The lowest BCUT2D eigenvalue weighted by Gasteiger charge is -1.91. The van der Waals surface area contributed by atoms with E-state index in [-0.39, 0.29) is 0 Å². The molecular formula is C7H7BrN2. The number of nitrogens with one attached hydrogen (secondary N) is 1. The summed E-state index contributed by atoms with van der Waals surface area (Å²) in [5, 5.41) is 6.60. The zero-order valence-electron chi connectivity index (χ0n) is 5.39. The first kappa shape index (κ1) is 7.28. The molecule has 0 saturated heterocycles. The van der Waals surface area contributed by atoms with Gasteiger partial charge in [-0.2, -0.15) is 5.10 Å². The summed E-state index contributed by atoms with van der Waals surface area (Å²) in [6, 6.07) is 0. The predicted molar refractivity (Wildman–Crippen MR) is 46.6 cm³/mol. The summed E-state index contributed by atoms with van der Waals surface area (Å²) >= 11 is 3.25. The fraction of sp³-hybridized carbons (Fsp3) is 0. The first-order valence-corrected chi connectivity index (χ1v) is 3.55. The Morgan fingerprint density at radius 3 is 2.90 bits per heavy atom. The molecule has 3 heteroatoms. The Hall–Kier alpha value is -0.830. The number of aromatic amines is 1. The Kier molecular flexibility index (Phi) is 2.06. The second-order valence-corrected chi connectivity index (χ2v) is 2.76. The SMILES string of the molecule is C=Cc1[nH]ncc1C(=C)Br. The minimum atomic E-state index is 0.816. The molecule has 0 bridgehead atoms. The van der Waals surface area contributed by atoms with E-state index in [1.165, 1.54) is 0 Å². The van der Waals surface area contributed by atoms with Crippen molar-refractivity contribution >= 4 is 26.5 Å². The molecule has 0 spiro atoms. The second-order valence-electron chi connectivity index (χ2n) is 1.81. The average Bonchev–Trinajstić information content (AvgIpc) is 2.33. The van der Waals surface area contributed by atoms with Gasteiger partial charge < -0.3 is 0 Å². The molecule has 10 heavy (non-hydrogen) atoms. The molecule has 0 aliphatic rings. The highest BCUT2D eigenvalue weighted by molar-refractivity contribution is 9.15. The second kappa shape index (κ2) is 2.84. The van der Waals surface area contributed by atoms with E-state index >= 15 is 0 Å². The molecule has 0 saturated carbocycles. The molecule has 0 amide bonds. The van der Waals surface area contributed by atoms with Gasteiger partial charge in [0.05, 0.1) is 11.9 Å². The van der Waals surface area contributed by atoms with Gasteiger partial charge in [0.2, 0.25) is 0 Å². The standard InChI is InChI=1S/C7H7BrN2/c1-3-7-6(5(2)8)4-9-10-7/h3-4H,1-2H2,(H,9,10). The lowest BCUT2D eigenvalue weighted by molar-refractivity contribution is 1.08. The van der Waals surface area contributed by atoms with Crippen LogP contribution in [0, 0.1) is 0 Å². The normalized spacial score (nSPS) is 9.30. The molecule has 1 aromatic rings. The van der Waals surface area contributed by atoms with E-state index in [1.54, 1.807) is 12.3 Å². The molecule has 1 aromatic heterocycles. The third-order valence-corrected chi connectivity index (χ3v) is 1.59. The Bertz CT molecular complexity index is 262. The monoisotopic (exact) mass is 198 g/mol. The van der Waals surface area contributed by atoms with Gasteiger partial charge in [0, 0.05) is 10.0 Å². The Morgan fingerprint density at radius 1 is 1.80 bits per heavy atom. The van der Waals surface area contributed by atoms with E-state index in [0.29, 0.717) is 0 Å². The van der Waals surface area contributed by atoms with Gasteiger partial charge >= 0.3 is 0 Å². The number of aromatic nitrogens is 2. The van der Waals surface area contributed by atoms with E-state index in [4.69, 9.17) is 0 Å². The molecular weight excluding hydrogens is 192 g/mol. The molecule has 1 N–H and O–H groups in total. The van der Waals surface area contributed by atoms with Crippen LogP contribution in [0.2, 0.25) is 0 Å². The molecule has 1 heterocycles. The van der Waals surface area contributed by atoms with Crippen molar-refractivity contribution in [3.8, 4) is 0 Å². The van der Waals surface area contributed by atoms with E-state index < -0.39 is 0 Å². The Balaban J connectivity index is 3.13. The molecule has 0 aliphatic carbocycles. The van der Waals surface area contributed by atoms with E-state index in [9.17, 15) is 0 Å². The minimum absolute atomic E-state index is 0.816. The van der Waals surface area contributed by atoms with Crippen molar-refractivity contribution in [2.75, 3.05) is 0 Å². The molecule has 0 radical (unpaired) electrons. The van der Waals surface area contributed by atoms with Gasteiger partial charge in [-0.05, 0) is 6.08 Å². The minimum Gasteiger partial charge on any atom is -0.278 e. The van der Waals surface area contributed by atoms with Gasteiger partial charge in [-0.15, -0.1) is 0 Å². The number of H-pyrrole nitrogens is 1. The number of halogens is 1. The van der Waals surface area contributed by atoms with Crippen LogP contribution in [0.5, 0.6) is 0 Å². The molecule has 0 unspecified atom stereocenters. The highest BCUT2D eigenvalue weighted by atomic mass is 79.9. The summed E-state index contributed by atoms with van der Waals surface area (Å²) in [5.41, 5.74) is 1.84. The van der Waals surface area contributed by atoms with Crippen molar-refractivity contribution in [3.63, 3.8) is 0 Å². The average molecular weight is 199 g/mol. The lowest BCUT2D eigenvalue weighted by Crippen LogP contribution is -1.75. The van der Waals surface area contributed by atoms with Crippen molar-refractivity contribution in [1.82, 2.24) is 10.2 Å². The Labute approximate surface area is 67.8 Å². The number of rotatable bonds is 2. The van der Waals surface area contributed by atoms with Crippen molar-refractivity contribution < 1.29 is 0 Å². The maximum atomic E-state index is 3.83. The van der Waals surface area contributed by atoms with Crippen LogP contribution >= 0.6 is 15.9 Å². The van der Waals surface area contributed by atoms with Crippen LogP contribution in [0.4, 0.5) is 0 Å². The fourth-order valence-corrected chi connectivity index (χ4v) is 0.984. The van der Waals surface area contributed by atoms with Crippen molar-refractivity contribution in [2.45, 2.75) is 0 Å². The molecule has 0 aliphatic heterocycles. The van der Waals surface area contributed by atoms with Crippen LogP contribution in [0.3, 0.4) is 0 Å². The zero-order chi connectivity index (χ0) is 7.56. The van der Waals surface area contributed by atoms with Crippen LogP contribution in [0.1, 0.15) is 11.3 Å². The highest BCUT2D eigenvalue weighted by Gasteiger charge is 2.01. The van der Waals surface area contributed by atoms with Gasteiger partial charge in [0.1, 0.15) is 0 Å². The van der Waals surface area contributed by atoms with Crippen LogP contribution in [-0.4, -0.2) is 10.2 Å². The third-order valence-electron chi connectivity index (χ3n) is 1.17. The maximum absolute atomic E-state index is 3.83. The summed E-state index contributed by atoms with van der Waals surface area (Å²) in [6.07, 6.45) is 3.41. The van der Waals surface area contributed by atoms with E-state index in [1.807, 2.05) is 0 Å². The summed E-state index contributed by atoms with van der Waals surface area (Å²) < 4.78 is 0.816. The van der Waals surface area contributed by atoms with Crippen molar-refractivity contribution in [3.05, 3.63) is 30.6 Å². The third kappa shape index (κ3) is 1.19. The van der Waals surface area contributed by atoms with Gasteiger partial charge in [-0.3, -0.25) is 5.10 Å². The quantitative estimate of drug-likeness (QED) is 0.778. The first-order valence-electron chi connectivity index (χ1n) is 2.76. The summed E-state index contributed by atoms with van der Waals surface area (Å²) in [6.45, 7) is 7.33. The van der Waals surface area contributed by atoms with Crippen LogP contribution in [0.15, 0.2) is 19.4 Å². The molecule has 1 rings (SSSR count). The Morgan fingerprint density at radius 2 is 2.50 bits per heavy atom. The largest absolute Gasteiger partial charge is 0.278 e. The fourth-order valence-electron chi connectivity index (χ4n) is 0.668. The summed E-state index contributed by atoms with van der Waals surface area (Å²) in [7, 11) is 0. The van der Waals surface area contributed by atoms with E-state index in [2.05, 4.69) is 39.3 Å². The molecule has 52 valence electrons. The number of hydrogen-bond donors (Lipinski definition) is 1.